The van der Waals surface area contributed by atoms with E-state index in [4.69, 9.17) is 4.74 Å². The maximum absolute atomic E-state index is 14.6. The van der Waals surface area contributed by atoms with Gasteiger partial charge in [-0.25, -0.2) is 12.8 Å². The summed E-state index contributed by atoms with van der Waals surface area (Å²) in [5.74, 6) is -0.435. The second kappa shape index (κ2) is 9.32. The third-order valence-corrected chi connectivity index (χ3v) is 8.09. The average molecular weight is 490 g/mol. The van der Waals surface area contributed by atoms with Crippen molar-refractivity contribution in [1.82, 2.24) is 5.32 Å². The maximum Gasteiger partial charge on any atom is 0.265 e. The lowest BCUT2D eigenvalue weighted by Gasteiger charge is -2.37. The molecule has 9 heteroatoms. The molecule has 2 heterocycles. The zero-order valence-electron chi connectivity index (χ0n) is 19.1. The quantitative estimate of drug-likeness (QED) is 0.518. The zero-order valence-corrected chi connectivity index (χ0v) is 20.7. The number of methoxy groups -OCH3 is 1. The first-order valence-electron chi connectivity index (χ1n) is 10.7. The summed E-state index contributed by atoms with van der Waals surface area (Å²) in [5.41, 5.74) is 2.67. The van der Waals surface area contributed by atoms with Crippen molar-refractivity contribution in [2.24, 2.45) is 0 Å². The van der Waals surface area contributed by atoms with Gasteiger partial charge in [-0.15, -0.1) is 11.3 Å². The predicted molar refractivity (Wildman–Crippen MR) is 133 cm³/mol. The van der Waals surface area contributed by atoms with Gasteiger partial charge in [0, 0.05) is 35.7 Å². The summed E-state index contributed by atoms with van der Waals surface area (Å²) in [6.45, 7) is 7.68. The molecule has 0 radical (unpaired) electrons. The lowest BCUT2D eigenvalue weighted by atomic mass is 10.1. The second-order valence-corrected chi connectivity index (χ2v) is 11.1. The lowest BCUT2D eigenvalue weighted by Crippen LogP contribution is -2.54. The fourth-order valence-corrected chi connectivity index (χ4v) is 6.26. The van der Waals surface area contributed by atoms with Crippen molar-refractivity contribution in [2.45, 2.75) is 37.8 Å². The van der Waals surface area contributed by atoms with Gasteiger partial charge in [-0.05, 0) is 73.7 Å². The molecule has 1 aromatic heterocycles. The molecule has 0 aliphatic carbocycles. The molecule has 0 amide bonds. The first-order chi connectivity index (χ1) is 15.7. The highest BCUT2D eigenvalue weighted by Crippen LogP contribution is 2.35. The molecule has 2 atom stereocenters. The van der Waals surface area contributed by atoms with Crippen LogP contribution in [0.4, 0.5) is 15.8 Å². The topological polar surface area (TPSA) is 70.7 Å². The third kappa shape index (κ3) is 5.15. The number of halogens is 1. The molecule has 0 saturated carbocycles. The molecule has 4 rings (SSSR count). The molecule has 2 unspecified atom stereocenters. The minimum absolute atomic E-state index is 0.0451. The second-order valence-electron chi connectivity index (χ2n) is 8.50. The zero-order chi connectivity index (χ0) is 23.8. The molecular formula is C24H28FN3O3S2. The van der Waals surface area contributed by atoms with Crippen molar-refractivity contribution < 1.29 is 17.5 Å². The van der Waals surface area contributed by atoms with Crippen LogP contribution in [0.2, 0.25) is 0 Å². The van der Waals surface area contributed by atoms with E-state index in [-0.39, 0.29) is 28.4 Å². The van der Waals surface area contributed by atoms with E-state index >= 15 is 0 Å². The highest BCUT2D eigenvalue weighted by atomic mass is 32.2. The Bertz CT molecular complexity index is 1250. The fraction of sp³-hybridized carbons (Fsp3) is 0.333. The van der Waals surface area contributed by atoms with E-state index in [0.717, 1.165) is 34.8 Å². The highest BCUT2D eigenvalue weighted by molar-refractivity contribution is 7.92. The Hall–Kier alpha value is -2.62. The number of hydrogen-bond donors (Lipinski definition) is 2. The van der Waals surface area contributed by atoms with Gasteiger partial charge in [-0.3, -0.25) is 4.72 Å². The summed E-state index contributed by atoms with van der Waals surface area (Å²) in [6, 6.07) is 12.0. The van der Waals surface area contributed by atoms with Crippen LogP contribution in [0.5, 0.6) is 5.75 Å². The highest BCUT2D eigenvalue weighted by Gasteiger charge is 2.25. The Morgan fingerprint density at radius 1 is 1.12 bits per heavy atom. The molecule has 33 heavy (non-hydrogen) atoms. The van der Waals surface area contributed by atoms with Crippen LogP contribution in [0.3, 0.4) is 0 Å². The third-order valence-electron chi connectivity index (χ3n) is 5.59. The number of piperazine rings is 1. The summed E-state index contributed by atoms with van der Waals surface area (Å²) in [6.07, 6.45) is 0. The number of anilines is 2. The largest absolute Gasteiger partial charge is 0.495 e. The molecule has 3 aromatic rings. The molecular weight excluding hydrogens is 461 g/mol. The van der Waals surface area contributed by atoms with E-state index < -0.39 is 15.8 Å². The van der Waals surface area contributed by atoms with Crippen molar-refractivity contribution >= 4 is 32.7 Å². The number of ether oxygens (including phenoxy) is 1. The van der Waals surface area contributed by atoms with Gasteiger partial charge >= 0.3 is 0 Å². The van der Waals surface area contributed by atoms with E-state index in [2.05, 4.69) is 28.8 Å². The van der Waals surface area contributed by atoms with Crippen molar-refractivity contribution in [3.63, 3.8) is 0 Å². The molecule has 1 saturated heterocycles. The van der Waals surface area contributed by atoms with Gasteiger partial charge in [0.2, 0.25) is 0 Å². The molecule has 2 aromatic carbocycles. The Morgan fingerprint density at radius 2 is 1.85 bits per heavy atom. The molecule has 0 spiro atoms. The van der Waals surface area contributed by atoms with Gasteiger partial charge in [0.05, 0.1) is 12.8 Å². The Morgan fingerprint density at radius 3 is 2.48 bits per heavy atom. The molecule has 176 valence electrons. The van der Waals surface area contributed by atoms with Crippen LogP contribution in [-0.2, 0) is 10.0 Å². The van der Waals surface area contributed by atoms with E-state index in [9.17, 15) is 12.8 Å². The van der Waals surface area contributed by atoms with Crippen LogP contribution >= 0.6 is 11.3 Å². The molecule has 1 aliphatic rings. The number of benzene rings is 2. The summed E-state index contributed by atoms with van der Waals surface area (Å²) < 4.78 is 48.8. The van der Waals surface area contributed by atoms with Crippen LogP contribution < -0.4 is 19.7 Å². The first kappa shape index (κ1) is 23.5. The van der Waals surface area contributed by atoms with Crippen molar-refractivity contribution in [1.29, 1.82) is 0 Å². The van der Waals surface area contributed by atoms with Crippen LogP contribution in [0.15, 0.2) is 52.7 Å². The van der Waals surface area contributed by atoms with E-state index in [0.29, 0.717) is 0 Å². The number of nitrogens with zero attached hydrogens (tertiary/aromatic N) is 1. The van der Waals surface area contributed by atoms with Crippen LogP contribution in [0.1, 0.15) is 19.4 Å². The Balaban J connectivity index is 1.63. The summed E-state index contributed by atoms with van der Waals surface area (Å²) in [7, 11) is -2.66. The van der Waals surface area contributed by atoms with Crippen LogP contribution in [0.25, 0.3) is 10.4 Å². The van der Waals surface area contributed by atoms with E-state index in [1.807, 2.05) is 18.4 Å². The molecule has 2 N–H and O–H groups in total. The number of thiophene rings is 1. The number of hydrogen-bond acceptors (Lipinski definition) is 6. The smallest absolute Gasteiger partial charge is 0.265 e. The normalized spacial score (nSPS) is 18.9. The first-order valence-corrected chi connectivity index (χ1v) is 13.1. The van der Waals surface area contributed by atoms with Crippen molar-refractivity contribution in [2.75, 3.05) is 29.8 Å². The van der Waals surface area contributed by atoms with Crippen LogP contribution in [0, 0.1) is 12.7 Å². The monoisotopic (exact) mass is 489 g/mol. The number of nitrogens with one attached hydrogen (secondary N) is 2. The summed E-state index contributed by atoms with van der Waals surface area (Å²) >= 11 is 1.58. The van der Waals surface area contributed by atoms with E-state index in [1.165, 1.54) is 19.2 Å². The number of aryl methyl sites for hydroxylation is 1. The van der Waals surface area contributed by atoms with Gasteiger partial charge in [0.25, 0.3) is 10.0 Å². The van der Waals surface area contributed by atoms with Gasteiger partial charge < -0.3 is 15.0 Å². The Labute approximate surface area is 198 Å². The fourth-order valence-electron chi connectivity index (χ4n) is 4.15. The number of sulfonamides is 1. The SMILES string of the molecule is COc1cc(-c2cc(C)cs2)ccc1S(=O)(=O)Nc1cc(N2CC(C)NC(C)C2)ccc1F. The summed E-state index contributed by atoms with van der Waals surface area (Å²) in [4.78, 5) is 3.10. The van der Waals surface area contributed by atoms with Gasteiger partial charge in [-0.1, -0.05) is 6.07 Å². The van der Waals surface area contributed by atoms with Crippen molar-refractivity contribution in [3.8, 4) is 16.2 Å². The average Bonchev–Trinajstić information content (AvgIpc) is 3.20. The molecule has 1 fully saturated rings. The minimum atomic E-state index is -4.08. The number of rotatable bonds is 6. The standard InChI is InChI=1S/C24H28FN3O3S2/c1-15-9-23(32-14-15)18-5-8-24(22(10-18)31-4)33(29,30)27-21-11-19(6-7-20(21)25)28-12-16(2)26-17(3)13-28/h5-11,14,16-17,26-27H,12-13H2,1-4H3. The Kier molecular flexibility index (Phi) is 6.65. The molecule has 1 aliphatic heterocycles. The predicted octanol–water partition coefficient (Wildman–Crippen LogP) is 4.86. The summed E-state index contributed by atoms with van der Waals surface area (Å²) in [5, 5.41) is 5.49. The van der Waals surface area contributed by atoms with E-state index in [1.54, 1.807) is 35.6 Å². The van der Waals surface area contributed by atoms with Gasteiger partial charge in [0.15, 0.2) is 0 Å². The van der Waals surface area contributed by atoms with Crippen LogP contribution in [-0.4, -0.2) is 40.7 Å². The maximum atomic E-state index is 14.6. The van der Waals surface area contributed by atoms with Gasteiger partial charge in [-0.2, -0.15) is 0 Å². The lowest BCUT2D eigenvalue weighted by molar-refractivity contribution is 0.403. The molecule has 0 bridgehead atoms. The van der Waals surface area contributed by atoms with Crippen molar-refractivity contribution in [3.05, 3.63) is 59.2 Å². The van der Waals surface area contributed by atoms with Gasteiger partial charge in [0.1, 0.15) is 16.5 Å². The molecule has 6 nitrogen and oxygen atoms in total. The minimum Gasteiger partial charge on any atom is -0.495 e.